The topological polar surface area (TPSA) is 79.0 Å². The number of methoxy groups -OCH3 is 1. The fourth-order valence-corrected chi connectivity index (χ4v) is 4.32. The molecule has 3 amide bonds. The quantitative estimate of drug-likeness (QED) is 0.771. The van der Waals surface area contributed by atoms with E-state index in [0.29, 0.717) is 31.5 Å². The average Bonchev–Trinajstić information content (AvgIpc) is 2.78. The number of hydrogen-bond acceptors (Lipinski definition) is 4. The van der Waals surface area contributed by atoms with Crippen molar-refractivity contribution in [3.8, 4) is 0 Å². The molecule has 2 saturated heterocycles. The van der Waals surface area contributed by atoms with Gasteiger partial charge in [0.15, 0.2) is 0 Å². The Balaban J connectivity index is 1.71. The molecule has 1 unspecified atom stereocenters. The summed E-state index contributed by atoms with van der Waals surface area (Å²) in [6, 6.07) is 6.82. The molecule has 0 aliphatic carbocycles. The Bertz CT molecular complexity index is 735. The third-order valence-corrected chi connectivity index (χ3v) is 6.17. The Morgan fingerprint density at radius 3 is 2.23 bits per heavy atom. The Morgan fingerprint density at radius 1 is 1.00 bits per heavy atom. The fraction of sp³-hybridized carbons (Fsp3) is 0.609. The SMILES string of the molecule is COCC(=O)N1CCC(C(NC(=O)c2ccc(C)cc2)C(=O)N2CCCCC2)CC1. The summed E-state index contributed by atoms with van der Waals surface area (Å²) in [6.07, 6.45) is 4.54. The van der Waals surface area contributed by atoms with E-state index in [1.807, 2.05) is 24.0 Å². The van der Waals surface area contributed by atoms with E-state index >= 15 is 0 Å². The molecule has 7 nitrogen and oxygen atoms in total. The molecule has 30 heavy (non-hydrogen) atoms. The van der Waals surface area contributed by atoms with Gasteiger partial charge in [0.05, 0.1) is 0 Å². The summed E-state index contributed by atoms with van der Waals surface area (Å²) < 4.78 is 4.95. The lowest BCUT2D eigenvalue weighted by atomic mass is 9.87. The van der Waals surface area contributed by atoms with E-state index in [1.165, 1.54) is 7.11 Å². The lowest BCUT2D eigenvalue weighted by molar-refractivity contribution is -0.138. The Kier molecular flexibility index (Phi) is 7.85. The molecule has 0 radical (unpaired) electrons. The second-order valence-electron chi connectivity index (χ2n) is 8.35. The van der Waals surface area contributed by atoms with E-state index < -0.39 is 6.04 Å². The van der Waals surface area contributed by atoms with Crippen LogP contribution in [0.3, 0.4) is 0 Å². The minimum absolute atomic E-state index is 0.0110. The van der Waals surface area contributed by atoms with Crippen LogP contribution in [-0.2, 0) is 14.3 Å². The number of likely N-dealkylation sites (tertiary alicyclic amines) is 2. The predicted molar refractivity (Wildman–Crippen MR) is 114 cm³/mol. The van der Waals surface area contributed by atoms with Crippen molar-refractivity contribution in [2.75, 3.05) is 39.9 Å². The number of carbonyl (C=O) groups is 3. The normalized spacial score (nSPS) is 18.7. The molecule has 1 N–H and O–H groups in total. The molecule has 2 heterocycles. The fourth-order valence-electron chi connectivity index (χ4n) is 4.32. The molecule has 2 fully saturated rings. The van der Waals surface area contributed by atoms with Crippen molar-refractivity contribution in [3.05, 3.63) is 35.4 Å². The highest BCUT2D eigenvalue weighted by Gasteiger charge is 2.36. The second-order valence-corrected chi connectivity index (χ2v) is 8.35. The second kappa shape index (κ2) is 10.6. The van der Waals surface area contributed by atoms with Crippen LogP contribution >= 0.6 is 0 Å². The summed E-state index contributed by atoms with van der Waals surface area (Å²) in [5.41, 5.74) is 1.64. The Hall–Kier alpha value is -2.41. The summed E-state index contributed by atoms with van der Waals surface area (Å²) >= 11 is 0. The van der Waals surface area contributed by atoms with E-state index in [-0.39, 0.29) is 30.2 Å². The van der Waals surface area contributed by atoms with Gasteiger partial charge in [0, 0.05) is 38.9 Å². The van der Waals surface area contributed by atoms with Gasteiger partial charge in [-0.2, -0.15) is 0 Å². The molecule has 1 atom stereocenters. The van der Waals surface area contributed by atoms with Crippen molar-refractivity contribution in [1.29, 1.82) is 0 Å². The van der Waals surface area contributed by atoms with Crippen LogP contribution in [0.2, 0.25) is 0 Å². The van der Waals surface area contributed by atoms with Crippen molar-refractivity contribution in [3.63, 3.8) is 0 Å². The zero-order chi connectivity index (χ0) is 21.5. The molecule has 1 aromatic carbocycles. The van der Waals surface area contributed by atoms with Gasteiger partial charge in [-0.3, -0.25) is 14.4 Å². The van der Waals surface area contributed by atoms with Crippen LogP contribution in [-0.4, -0.2) is 73.5 Å². The van der Waals surface area contributed by atoms with Crippen molar-refractivity contribution >= 4 is 17.7 Å². The number of benzene rings is 1. The van der Waals surface area contributed by atoms with Crippen molar-refractivity contribution in [1.82, 2.24) is 15.1 Å². The van der Waals surface area contributed by atoms with Gasteiger partial charge in [-0.1, -0.05) is 17.7 Å². The molecule has 0 spiro atoms. The molecular weight excluding hydrogens is 382 g/mol. The Morgan fingerprint density at radius 2 is 1.63 bits per heavy atom. The van der Waals surface area contributed by atoms with E-state index in [9.17, 15) is 14.4 Å². The predicted octanol–water partition coefficient (Wildman–Crippen LogP) is 1.99. The van der Waals surface area contributed by atoms with Gasteiger partial charge in [0.2, 0.25) is 11.8 Å². The average molecular weight is 416 g/mol. The number of nitrogens with one attached hydrogen (secondary N) is 1. The van der Waals surface area contributed by atoms with Crippen molar-refractivity contribution in [2.24, 2.45) is 5.92 Å². The molecule has 7 heteroatoms. The standard InChI is InChI=1S/C23H33N3O4/c1-17-6-8-19(9-7-17)22(28)24-21(23(29)26-12-4-3-5-13-26)18-10-14-25(15-11-18)20(27)16-30-2/h6-9,18,21H,3-5,10-16H2,1-2H3,(H,24,28). The first-order chi connectivity index (χ1) is 14.5. The summed E-state index contributed by atoms with van der Waals surface area (Å²) in [5, 5.41) is 3.03. The van der Waals surface area contributed by atoms with Crippen LogP contribution in [0.5, 0.6) is 0 Å². The third kappa shape index (κ3) is 5.59. The van der Waals surface area contributed by atoms with Gasteiger partial charge in [-0.05, 0) is 57.1 Å². The highest BCUT2D eigenvalue weighted by molar-refractivity contribution is 5.97. The van der Waals surface area contributed by atoms with Crippen molar-refractivity contribution < 1.29 is 19.1 Å². The maximum atomic E-state index is 13.3. The molecule has 2 aliphatic rings. The molecule has 0 saturated carbocycles. The maximum absolute atomic E-state index is 13.3. The monoisotopic (exact) mass is 415 g/mol. The maximum Gasteiger partial charge on any atom is 0.251 e. The van der Waals surface area contributed by atoms with Crippen molar-refractivity contribution in [2.45, 2.75) is 45.1 Å². The number of amides is 3. The molecule has 0 aromatic heterocycles. The number of aryl methyl sites for hydroxylation is 1. The first kappa shape index (κ1) is 22.3. The van der Waals surface area contributed by atoms with E-state index in [0.717, 1.165) is 37.9 Å². The van der Waals surface area contributed by atoms with Crippen LogP contribution in [0.15, 0.2) is 24.3 Å². The van der Waals surface area contributed by atoms with Crippen LogP contribution in [0, 0.1) is 12.8 Å². The van der Waals surface area contributed by atoms with Gasteiger partial charge < -0.3 is 19.9 Å². The first-order valence-electron chi connectivity index (χ1n) is 10.9. The van der Waals surface area contributed by atoms with Crippen LogP contribution in [0.4, 0.5) is 0 Å². The Labute approximate surface area is 178 Å². The third-order valence-electron chi connectivity index (χ3n) is 6.17. The zero-order valence-corrected chi connectivity index (χ0v) is 18.1. The van der Waals surface area contributed by atoms with Gasteiger partial charge in [-0.25, -0.2) is 0 Å². The van der Waals surface area contributed by atoms with Crippen LogP contribution < -0.4 is 5.32 Å². The summed E-state index contributed by atoms with van der Waals surface area (Å²) in [7, 11) is 1.51. The molecular formula is C23H33N3O4. The van der Waals surface area contributed by atoms with Gasteiger partial charge in [0.1, 0.15) is 12.6 Å². The first-order valence-corrected chi connectivity index (χ1v) is 10.9. The largest absolute Gasteiger partial charge is 0.375 e. The number of piperidine rings is 2. The highest BCUT2D eigenvalue weighted by Crippen LogP contribution is 2.24. The van der Waals surface area contributed by atoms with Gasteiger partial charge in [0.25, 0.3) is 5.91 Å². The minimum atomic E-state index is -0.559. The number of ether oxygens (including phenoxy) is 1. The van der Waals surface area contributed by atoms with E-state index in [2.05, 4.69) is 5.32 Å². The lowest BCUT2D eigenvalue weighted by Gasteiger charge is -2.38. The van der Waals surface area contributed by atoms with Gasteiger partial charge >= 0.3 is 0 Å². The van der Waals surface area contributed by atoms with E-state index in [4.69, 9.17) is 4.74 Å². The molecule has 0 bridgehead atoms. The van der Waals surface area contributed by atoms with Crippen LogP contribution in [0.1, 0.15) is 48.0 Å². The summed E-state index contributed by atoms with van der Waals surface area (Å²) in [4.78, 5) is 42.0. The lowest BCUT2D eigenvalue weighted by Crippen LogP contribution is -2.55. The molecule has 164 valence electrons. The summed E-state index contributed by atoms with van der Waals surface area (Å²) in [6.45, 7) is 4.71. The summed E-state index contributed by atoms with van der Waals surface area (Å²) in [5.74, 6) is -0.223. The number of rotatable bonds is 6. The minimum Gasteiger partial charge on any atom is -0.375 e. The van der Waals surface area contributed by atoms with Crippen LogP contribution in [0.25, 0.3) is 0 Å². The highest BCUT2D eigenvalue weighted by atomic mass is 16.5. The molecule has 3 rings (SSSR count). The van der Waals surface area contributed by atoms with Gasteiger partial charge in [-0.15, -0.1) is 0 Å². The number of nitrogens with zero attached hydrogens (tertiary/aromatic N) is 2. The van der Waals surface area contributed by atoms with E-state index in [1.54, 1.807) is 17.0 Å². The molecule has 1 aromatic rings. The zero-order valence-electron chi connectivity index (χ0n) is 18.1. The molecule has 2 aliphatic heterocycles. The number of carbonyl (C=O) groups excluding carboxylic acids is 3. The number of hydrogen-bond donors (Lipinski definition) is 1. The smallest absolute Gasteiger partial charge is 0.251 e.